The number of likely N-dealkylation sites (tertiary alicyclic amines) is 2. The number of phenolic OH excluding ortho intramolecular Hbond substituents is 1. The Hall–Kier alpha value is -2.69. The smallest absolute Gasteiger partial charge is 0.423 e. The van der Waals surface area contributed by atoms with Gasteiger partial charge in [0.25, 0.3) is 11.8 Å². The Labute approximate surface area is 236 Å². The van der Waals surface area contributed by atoms with E-state index in [9.17, 15) is 29.1 Å². The molecule has 2 aliphatic carbocycles. The van der Waals surface area contributed by atoms with E-state index in [1.165, 1.54) is 0 Å². The number of fused-ring (bicyclic) bond motifs is 4. The van der Waals surface area contributed by atoms with Crippen LogP contribution in [0.15, 0.2) is 42.5 Å². The van der Waals surface area contributed by atoms with Gasteiger partial charge in [-0.25, -0.2) is 4.79 Å². The Bertz CT molecular complexity index is 1350. The molecule has 0 radical (unpaired) electrons. The zero-order chi connectivity index (χ0) is 27.7. The number of nitrogens with zero attached hydrogens (tertiary/aromatic N) is 2. The number of rotatable bonds is 4. The number of methoxy groups -OCH3 is 1. The third kappa shape index (κ3) is 3.26. The van der Waals surface area contributed by atoms with Crippen molar-refractivity contribution >= 4 is 68.9 Å². The number of carbonyl (C=O) groups excluding carboxylic acids is 5. The van der Waals surface area contributed by atoms with Gasteiger partial charge in [-0.3, -0.25) is 24.1 Å². The molecule has 9 nitrogen and oxygen atoms in total. The van der Waals surface area contributed by atoms with Crippen LogP contribution in [0, 0.1) is 17.8 Å². The van der Waals surface area contributed by atoms with Crippen LogP contribution in [0.4, 0.5) is 4.79 Å². The van der Waals surface area contributed by atoms with Gasteiger partial charge < -0.3 is 9.84 Å². The van der Waals surface area contributed by atoms with E-state index >= 15 is 0 Å². The second kappa shape index (κ2) is 9.20. The molecule has 5 amide bonds. The predicted molar refractivity (Wildman–Crippen MR) is 140 cm³/mol. The van der Waals surface area contributed by atoms with E-state index in [0.29, 0.717) is 22.5 Å². The number of halogens is 3. The Kier molecular flexibility index (Phi) is 6.52. The number of benzene rings is 1. The van der Waals surface area contributed by atoms with Crippen molar-refractivity contribution in [3.63, 3.8) is 0 Å². The van der Waals surface area contributed by atoms with Gasteiger partial charge in [-0.1, -0.05) is 51.9 Å². The van der Waals surface area contributed by atoms with Crippen LogP contribution in [0.1, 0.15) is 29.9 Å². The Balaban J connectivity index is 1.74. The monoisotopic (exact) mass is 624 g/mol. The van der Waals surface area contributed by atoms with E-state index in [-0.39, 0.29) is 29.6 Å². The summed E-state index contributed by atoms with van der Waals surface area (Å²) in [5.41, 5.74) is 1.13. The fourth-order valence-corrected chi connectivity index (χ4v) is 7.95. The van der Waals surface area contributed by atoms with Crippen LogP contribution in [0.2, 0.25) is 0 Å². The number of aromatic hydroxyl groups is 1. The predicted octanol–water partition coefficient (Wildman–Crippen LogP) is 3.60. The molecule has 200 valence electrons. The molecule has 1 N–H and O–H groups in total. The SMILES string of the molecule is C=CCc1cccc([C@H]2C3=CC[C@@H]4C(=O)N(C(=O)OC)C(=O)[C@@H]4[C@@H]3C[C@@]3(Cl)C(=O)N(CBr)C(=O)[C@@]23Cl)c1O. The van der Waals surface area contributed by atoms with Gasteiger partial charge in [0.1, 0.15) is 5.75 Å². The van der Waals surface area contributed by atoms with Gasteiger partial charge in [-0.15, -0.1) is 29.8 Å². The molecule has 2 saturated heterocycles. The van der Waals surface area contributed by atoms with Gasteiger partial charge in [0.2, 0.25) is 11.8 Å². The molecule has 6 atom stereocenters. The summed E-state index contributed by atoms with van der Waals surface area (Å²) in [7, 11) is 1.07. The van der Waals surface area contributed by atoms with Crippen molar-refractivity contribution in [1.29, 1.82) is 0 Å². The molecule has 0 spiro atoms. The largest absolute Gasteiger partial charge is 0.507 e. The fraction of sp³-hybridized carbons (Fsp3) is 0.423. The second-order valence-corrected chi connectivity index (χ2v) is 11.6. The molecular weight excluding hydrogens is 603 g/mol. The molecule has 2 heterocycles. The molecule has 4 aliphatic rings. The average molecular weight is 626 g/mol. The highest BCUT2D eigenvalue weighted by Crippen LogP contribution is 2.66. The van der Waals surface area contributed by atoms with Crippen molar-refractivity contribution in [3.05, 3.63) is 53.6 Å². The highest BCUT2D eigenvalue weighted by atomic mass is 79.9. The van der Waals surface area contributed by atoms with E-state index < -0.39 is 63.1 Å². The van der Waals surface area contributed by atoms with E-state index in [1.54, 1.807) is 30.4 Å². The van der Waals surface area contributed by atoms with Crippen LogP contribution in [-0.4, -0.2) is 66.9 Å². The molecule has 5 rings (SSSR count). The summed E-state index contributed by atoms with van der Waals surface area (Å²) in [5.74, 6) is -6.90. The van der Waals surface area contributed by atoms with Crippen LogP contribution in [-0.2, 0) is 30.3 Å². The molecule has 38 heavy (non-hydrogen) atoms. The minimum absolute atomic E-state index is 0.0880. The van der Waals surface area contributed by atoms with Crippen molar-refractivity contribution in [3.8, 4) is 5.75 Å². The molecule has 2 aliphatic heterocycles. The number of carbonyl (C=O) groups is 5. The lowest BCUT2D eigenvalue weighted by Crippen LogP contribution is -2.60. The third-order valence-electron chi connectivity index (χ3n) is 8.20. The lowest BCUT2D eigenvalue weighted by Gasteiger charge is -2.50. The van der Waals surface area contributed by atoms with Crippen LogP contribution in [0.25, 0.3) is 0 Å². The number of allylic oxidation sites excluding steroid dienone is 3. The molecule has 0 unspecified atom stereocenters. The Morgan fingerprint density at radius 3 is 2.55 bits per heavy atom. The summed E-state index contributed by atoms with van der Waals surface area (Å²) in [6.07, 6.45) is 2.42. The summed E-state index contributed by atoms with van der Waals surface area (Å²) in [5, 5.41) is 11.3. The van der Waals surface area contributed by atoms with Crippen LogP contribution >= 0.6 is 39.1 Å². The third-order valence-corrected chi connectivity index (χ3v) is 10.1. The summed E-state index contributed by atoms with van der Waals surface area (Å²) in [6, 6.07) is 4.98. The first kappa shape index (κ1) is 26.9. The summed E-state index contributed by atoms with van der Waals surface area (Å²) in [4.78, 5) is 63.5. The first-order chi connectivity index (χ1) is 18.0. The maximum absolute atomic E-state index is 13.8. The lowest BCUT2D eigenvalue weighted by atomic mass is 9.56. The number of hydrogen-bond acceptors (Lipinski definition) is 7. The summed E-state index contributed by atoms with van der Waals surface area (Å²) < 4.78 is 4.65. The molecule has 12 heteroatoms. The van der Waals surface area contributed by atoms with Crippen molar-refractivity contribution in [2.24, 2.45) is 17.8 Å². The van der Waals surface area contributed by atoms with Gasteiger partial charge in [0.15, 0.2) is 9.75 Å². The van der Waals surface area contributed by atoms with Crippen molar-refractivity contribution in [2.75, 3.05) is 12.6 Å². The minimum atomic E-state index is -2.04. The van der Waals surface area contributed by atoms with E-state index in [4.69, 9.17) is 23.2 Å². The average Bonchev–Trinajstić information content (AvgIpc) is 3.23. The second-order valence-electron chi connectivity index (χ2n) is 9.82. The van der Waals surface area contributed by atoms with Gasteiger partial charge >= 0.3 is 6.09 Å². The van der Waals surface area contributed by atoms with E-state index in [1.807, 2.05) is 0 Å². The lowest BCUT2D eigenvalue weighted by molar-refractivity contribution is -0.140. The number of alkyl halides is 3. The maximum atomic E-state index is 13.8. The van der Waals surface area contributed by atoms with E-state index in [0.717, 1.165) is 12.0 Å². The zero-order valence-electron chi connectivity index (χ0n) is 20.2. The van der Waals surface area contributed by atoms with Crippen molar-refractivity contribution < 1.29 is 33.8 Å². The van der Waals surface area contributed by atoms with E-state index in [2.05, 4.69) is 27.2 Å². The van der Waals surface area contributed by atoms with Gasteiger partial charge in [0.05, 0.1) is 24.4 Å². The van der Waals surface area contributed by atoms with Crippen LogP contribution < -0.4 is 0 Å². The van der Waals surface area contributed by atoms with Crippen molar-refractivity contribution in [1.82, 2.24) is 9.80 Å². The van der Waals surface area contributed by atoms with Crippen LogP contribution in [0.5, 0.6) is 5.75 Å². The molecule has 1 saturated carbocycles. The Morgan fingerprint density at radius 1 is 1.21 bits per heavy atom. The highest BCUT2D eigenvalue weighted by molar-refractivity contribution is 9.09. The molecule has 0 aromatic heterocycles. The van der Waals surface area contributed by atoms with Gasteiger partial charge in [0, 0.05) is 11.5 Å². The standard InChI is InChI=1S/C26H23BrCl2N2O7/c1-3-5-12-6-4-7-15(19(12)32)18-13-8-9-14-17(21(34)31(20(14)33)24(37)38-2)16(13)10-25(28)22(35)30(11-27)23(36)26(18,25)29/h3-4,6-8,14,16-18,32H,1,5,9-11H2,2H3/t14-,16+,17-,18+,25+,26-/m0/s1. The number of para-hydroxylation sites is 1. The minimum Gasteiger partial charge on any atom is -0.507 e. The Morgan fingerprint density at radius 2 is 1.92 bits per heavy atom. The first-order valence-corrected chi connectivity index (χ1v) is 13.7. The molecular formula is C26H23BrCl2N2O7. The van der Waals surface area contributed by atoms with Crippen LogP contribution in [0.3, 0.4) is 0 Å². The summed E-state index contributed by atoms with van der Waals surface area (Å²) in [6.45, 7) is 3.71. The summed E-state index contributed by atoms with van der Waals surface area (Å²) >= 11 is 17.4. The fourth-order valence-electron chi connectivity index (χ4n) is 6.53. The molecule has 1 aromatic rings. The molecule has 3 fully saturated rings. The number of phenols is 1. The first-order valence-electron chi connectivity index (χ1n) is 11.9. The van der Waals surface area contributed by atoms with Crippen molar-refractivity contribution in [2.45, 2.75) is 34.9 Å². The topological polar surface area (TPSA) is 121 Å². The number of amides is 5. The normalized spacial score (nSPS) is 34.1. The maximum Gasteiger partial charge on any atom is 0.423 e. The van der Waals surface area contributed by atoms with Gasteiger partial charge in [-0.2, -0.15) is 4.90 Å². The number of hydrogen-bond donors (Lipinski definition) is 1. The number of imide groups is 4. The highest BCUT2D eigenvalue weighted by Gasteiger charge is 2.76. The quantitative estimate of drug-likeness (QED) is 0.235. The zero-order valence-corrected chi connectivity index (χ0v) is 23.3. The number of ether oxygens (including phenoxy) is 1. The molecule has 1 aromatic carbocycles. The van der Waals surface area contributed by atoms with Gasteiger partial charge in [-0.05, 0) is 30.7 Å². The molecule has 0 bridgehead atoms.